The first-order valence-corrected chi connectivity index (χ1v) is 9.79. The van der Waals surface area contributed by atoms with E-state index in [1.807, 2.05) is 12.1 Å². The smallest absolute Gasteiger partial charge is 0.258 e. The van der Waals surface area contributed by atoms with Crippen LogP contribution in [0.3, 0.4) is 0 Å². The maximum Gasteiger partial charge on any atom is 0.258 e. The van der Waals surface area contributed by atoms with Gasteiger partial charge in [0.15, 0.2) is 0 Å². The van der Waals surface area contributed by atoms with Crippen LogP contribution in [0.4, 0.5) is 4.39 Å². The second-order valence-electron chi connectivity index (χ2n) is 6.45. The molecule has 2 aromatic carbocycles. The van der Waals surface area contributed by atoms with Crippen LogP contribution >= 0.6 is 11.8 Å². The van der Waals surface area contributed by atoms with E-state index in [0.717, 1.165) is 17.7 Å². The molecule has 0 radical (unpaired) electrons. The highest BCUT2D eigenvalue weighted by Crippen LogP contribution is 2.37. The zero-order chi connectivity index (χ0) is 18.8. The van der Waals surface area contributed by atoms with Gasteiger partial charge >= 0.3 is 0 Å². The molecule has 2 N–H and O–H groups in total. The second kappa shape index (κ2) is 7.52. The number of para-hydroxylation sites is 1. The van der Waals surface area contributed by atoms with Crippen molar-refractivity contribution in [2.24, 2.45) is 0 Å². The van der Waals surface area contributed by atoms with Crippen molar-refractivity contribution >= 4 is 28.6 Å². The molecule has 1 aliphatic heterocycles. The predicted molar refractivity (Wildman–Crippen MR) is 103 cm³/mol. The molecule has 0 saturated heterocycles. The number of H-pyrrole nitrogens is 1. The first-order valence-electron chi connectivity index (χ1n) is 8.80. The third kappa shape index (κ3) is 3.73. The minimum Gasteiger partial charge on any atom is -0.349 e. The van der Waals surface area contributed by atoms with Gasteiger partial charge in [0, 0.05) is 23.5 Å². The van der Waals surface area contributed by atoms with E-state index in [9.17, 15) is 14.0 Å². The number of carbonyl (C=O) groups is 1. The Kier molecular flexibility index (Phi) is 4.94. The van der Waals surface area contributed by atoms with Crippen LogP contribution in [-0.2, 0) is 11.2 Å². The van der Waals surface area contributed by atoms with Gasteiger partial charge in [0.25, 0.3) is 5.56 Å². The number of nitrogens with zero attached hydrogens (tertiary/aromatic N) is 1. The number of hydrogen-bond donors (Lipinski definition) is 2. The molecule has 2 heterocycles. The first kappa shape index (κ1) is 17.7. The van der Waals surface area contributed by atoms with E-state index in [1.165, 1.54) is 17.8 Å². The van der Waals surface area contributed by atoms with E-state index in [0.29, 0.717) is 28.0 Å². The van der Waals surface area contributed by atoms with Crippen molar-refractivity contribution in [1.29, 1.82) is 0 Å². The van der Waals surface area contributed by atoms with E-state index in [1.54, 1.807) is 24.3 Å². The topological polar surface area (TPSA) is 74.8 Å². The SMILES string of the molecule is O=C(CCc1nc2ccccc2c(=O)[nH]1)N[C@@H]1CCSc2c(F)cccc21. The number of aromatic nitrogens is 2. The van der Waals surface area contributed by atoms with Gasteiger partial charge < -0.3 is 10.3 Å². The maximum absolute atomic E-state index is 13.9. The van der Waals surface area contributed by atoms with E-state index in [2.05, 4.69) is 15.3 Å². The van der Waals surface area contributed by atoms with Gasteiger partial charge in [-0.25, -0.2) is 9.37 Å². The molecule has 7 heteroatoms. The summed E-state index contributed by atoms with van der Waals surface area (Å²) in [6, 6.07) is 11.9. The summed E-state index contributed by atoms with van der Waals surface area (Å²) in [5, 5.41) is 3.52. The van der Waals surface area contributed by atoms with Gasteiger partial charge in [-0.3, -0.25) is 9.59 Å². The maximum atomic E-state index is 13.9. The molecule has 5 nitrogen and oxygen atoms in total. The monoisotopic (exact) mass is 383 g/mol. The molecule has 0 bridgehead atoms. The van der Waals surface area contributed by atoms with Crippen LogP contribution in [-0.4, -0.2) is 21.6 Å². The molecule has 1 aromatic heterocycles. The fourth-order valence-corrected chi connectivity index (χ4v) is 4.43. The van der Waals surface area contributed by atoms with E-state index in [-0.39, 0.29) is 29.7 Å². The van der Waals surface area contributed by atoms with Crippen LogP contribution in [0.1, 0.15) is 30.3 Å². The summed E-state index contributed by atoms with van der Waals surface area (Å²) in [6.45, 7) is 0. The highest BCUT2D eigenvalue weighted by atomic mass is 32.2. The molecule has 3 aromatic rings. The number of fused-ring (bicyclic) bond motifs is 2. The lowest BCUT2D eigenvalue weighted by molar-refractivity contribution is -0.121. The summed E-state index contributed by atoms with van der Waals surface area (Å²) in [6.07, 6.45) is 1.30. The molecule has 138 valence electrons. The molecule has 1 atom stereocenters. The Morgan fingerprint density at radius 2 is 2.11 bits per heavy atom. The molecular formula is C20H18FN3O2S. The number of hydrogen-bond acceptors (Lipinski definition) is 4. The Morgan fingerprint density at radius 1 is 1.26 bits per heavy atom. The van der Waals surface area contributed by atoms with Crippen molar-refractivity contribution < 1.29 is 9.18 Å². The van der Waals surface area contributed by atoms with Crippen LogP contribution in [0.15, 0.2) is 52.2 Å². The Labute approximate surface area is 159 Å². The Bertz CT molecular complexity index is 1070. The number of aryl methyl sites for hydroxylation is 1. The standard InChI is InChI=1S/C20H18FN3O2S/c21-14-6-3-5-12-16(10-11-27-19(12)14)23-18(25)9-8-17-22-15-7-2-1-4-13(15)20(26)24-17/h1-7,16H,8-11H2,(H,23,25)(H,22,24,26)/t16-/m1/s1. The van der Waals surface area contributed by atoms with Crippen molar-refractivity contribution in [3.63, 3.8) is 0 Å². The Morgan fingerprint density at radius 3 is 3.00 bits per heavy atom. The zero-order valence-electron chi connectivity index (χ0n) is 14.5. The molecule has 0 spiro atoms. The van der Waals surface area contributed by atoms with Crippen LogP contribution in [0, 0.1) is 5.82 Å². The van der Waals surface area contributed by atoms with Gasteiger partial charge in [-0.1, -0.05) is 24.3 Å². The highest BCUT2D eigenvalue weighted by Gasteiger charge is 2.24. The number of halogens is 1. The minimum absolute atomic E-state index is 0.141. The summed E-state index contributed by atoms with van der Waals surface area (Å²) >= 11 is 1.48. The van der Waals surface area contributed by atoms with Crippen LogP contribution in [0.2, 0.25) is 0 Å². The average molecular weight is 383 g/mol. The van der Waals surface area contributed by atoms with Crippen LogP contribution < -0.4 is 10.9 Å². The number of nitrogens with one attached hydrogen (secondary N) is 2. The summed E-state index contributed by atoms with van der Waals surface area (Å²) < 4.78 is 13.9. The number of benzene rings is 2. The van der Waals surface area contributed by atoms with Crippen LogP contribution in [0.5, 0.6) is 0 Å². The van der Waals surface area contributed by atoms with E-state index >= 15 is 0 Å². The first-order chi connectivity index (χ1) is 13.1. The van der Waals surface area contributed by atoms with Gasteiger partial charge in [0.1, 0.15) is 11.6 Å². The molecule has 0 aliphatic carbocycles. The quantitative estimate of drug-likeness (QED) is 0.725. The Hall–Kier alpha value is -2.67. The van der Waals surface area contributed by atoms with Gasteiger partial charge in [-0.05, 0) is 30.2 Å². The number of rotatable bonds is 4. The third-order valence-electron chi connectivity index (χ3n) is 4.61. The van der Waals surface area contributed by atoms with Crippen molar-refractivity contribution in [3.05, 3.63) is 70.0 Å². The largest absolute Gasteiger partial charge is 0.349 e. The van der Waals surface area contributed by atoms with Crippen molar-refractivity contribution in [2.75, 3.05) is 5.75 Å². The molecule has 27 heavy (non-hydrogen) atoms. The second-order valence-corrected chi connectivity index (χ2v) is 7.55. The Balaban J connectivity index is 1.44. The average Bonchev–Trinajstić information content (AvgIpc) is 2.67. The summed E-state index contributed by atoms with van der Waals surface area (Å²) in [4.78, 5) is 32.3. The number of carbonyl (C=O) groups excluding carboxylic acids is 1. The fourth-order valence-electron chi connectivity index (χ4n) is 3.29. The molecular weight excluding hydrogens is 365 g/mol. The number of aromatic amines is 1. The van der Waals surface area contributed by atoms with Crippen molar-refractivity contribution in [3.8, 4) is 0 Å². The summed E-state index contributed by atoms with van der Waals surface area (Å²) in [5.74, 6) is 0.866. The van der Waals surface area contributed by atoms with E-state index in [4.69, 9.17) is 0 Å². The molecule has 4 rings (SSSR count). The minimum atomic E-state index is -0.241. The third-order valence-corrected chi connectivity index (χ3v) is 5.77. The number of amides is 1. The molecule has 1 amide bonds. The van der Waals surface area contributed by atoms with Gasteiger partial charge in [-0.2, -0.15) is 0 Å². The molecule has 1 aliphatic rings. The zero-order valence-corrected chi connectivity index (χ0v) is 15.3. The number of thioether (sulfide) groups is 1. The lowest BCUT2D eigenvalue weighted by Gasteiger charge is -2.26. The lowest BCUT2D eigenvalue weighted by Crippen LogP contribution is -2.31. The lowest BCUT2D eigenvalue weighted by atomic mass is 10.0. The predicted octanol–water partition coefficient (Wildman–Crippen LogP) is 3.35. The molecule has 0 saturated carbocycles. The van der Waals surface area contributed by atoms with Gasteiger partial charge in [0.05, 0.1) is 16.9 Å². The fraction of sp³-hybridized carbons (Fsp3) is 0.250. The highest BCUT2D eigenvalue weighted by molar-refractivity contribution is 7.99. The summed E-state index contributed by atoms with van der Waals surface area (Å²) in [5.41, 5.74) is 1.24. The van der Waals surface area contributed by atoms with Crippen LogP contribution in [0.25, 0.3) is 10.9 Å². The van der Waals surface area contributed by atoms with E-state index < -0.39 is 0 Å². The molecule has 0 fully saturated rings. The molecule has 0 unspecified atom stereocenters. The van der Waals surface area contributed by atoms with Gasteiger partial charge in [0.2, 0.25) is 5.91 Å². The normalized spacial score (nSPS) is 16.1. The summed E-state index contributed by atoms with van der Waals surface area (Å²) in [7, 11) is 0. The van der Waals surface area contributed by atoms with Gasteiger partial charge in [-0.15, -0.1) is 11.8 Å². The van der Waals surface area contributed by atoms with Crippen molar-refractivity contribution in [1.82, 2.24) is 15.3 Å². The van der Waals surface area contributed by atoms with Crippen molar-refractivity contribution in [2.45, 2.75) is 30.2 Å².